The molecule has 0 unspecified atom stereocenters. The van der Waals surface area contributed by atoms with Gasteiger partial charge < -0.3 is 5.32 Å². The van der Waals surface area contributed by atoms with Gasteiger partial charge in [0.25, 0.3) is 0 Å². The first-order valence-corrected chi connectivity index (χ1v) is 8.62. The third-order valence-electron chi connectivity index (χ3n) is 4.01. The molecule has 0 aliphatic carbocycles. The molecule has 118 valence electrons. The average molecular weight is 312 g/mol. The normalized spacial score (nSPS) is 20.4. The highest BCUT2D eigenvalue weighted by atomic mass is 32.2. The maximum atomic E-state index is 12.7. The van der Waals surface area contributed by atoms with Crippen molar-refractivity contribution in [3.05, 3.63) is 18.3 Å². The highest BCUT2D eigenvalue weighted by Crippen LogP contribution is 2.24. The quantitative estimate of drug-likeness (QED) is 0.906. The highest BCUT2D eigenvalue weighted by molar-refractivity contribution is 7.89. The lowest BCUT2D eigenvalue weighted by molar-refractivity contribution is 0.0801. The van der Waals surface area contributed by atoms with Gasteiger partial charge in [0, 0.05) is 37.9 Å². The van der Waals surface area contributed by atoms with E-state index in [-0.39, 0.29) is 10.4 Å². The van der Waals surface area contributed by atoms with Crippen molar-refractivity contribution in [1.82, 2.24) is 14.2 Å². The summed E-state index contributed by atoms with van der Waals surface area (Å²) in [5.74, 6) is 0.690. The zero-order chi connectivity index (χ0) is 15.7. The lowest BCUT2D eigenvalue weighted by Gasteiger charge is -2.44. The minimum Gasteiger partial charge on any atom is -0.370 e. The summed E-state index contributed by atoms with van der Waals surface area (Å²) in [7, 11) is -1.45. The van der Waals surface area contributed by atoms with Crippen LogP contribution in [0.3, 0.4) is 0 Å². The molecule has 6 nitrogen and oxygen atoms in total. The van der Waals surface area contributed by atoms with Gasteiger partial charge in [0.05, 0.1) is 0 Å². The topological polar surface area (TPSA) is 65.5 Å². The summed E-state index contributed by atoms with van der Waals surface area (Å²) in [6.07, 6.45) is 1.43. The maximum Gasteiger partial charge on any atom is 0.244 e. The molecule has 0 bridgehead atoms. The summed E-state index contributed by atoms with van der Waals surface area (Å²) in [6, 6.07) is 3.32. The van der Waals surface area contributed by atoms with Crippen molar-refractivity contribution in [3.63, 3.8) is 0 Å². The lowest BCUT2D eigenvalue weighted by Crippen LogP contribution is -2.58. The molecule has 1 saturated heterocycles. The predicted octanol–water partition coefficient (Wildman–Crippen LogP) is 1.23. The van der Waals surface area contributed by atoms with Crippen LogP contribution in [-0.4, -0.2) is 61.4 Å². The number of hydrogen-bond acceptors (Lipinski definition) is 5. The molecule has 0 aromatic carbocycles. The van der Waals surface area contributed by atoms with Crippen LogP contribution in [0.25, 0.3) is 0 Å². The number of nitrogens with zero attached hydrogens (tertiary/aromatic N) is 3. The van der Waals surface area contributed by atoms with Crippen molar-refractivity contribution in [1.29, 1.82) is 0 Å². The van der Waals surface area contributed by atoms with Crippen LogP contribution in [0.5, 0.6) is 0 Å². The summed E-state index contributed by atoms with van der Waals surface area (Å²) in [4.78, 5) is 6.59. The van der Waals surface area contributed by atoms with Crippen LogP contribution in [0.15, 0.2) is 23.2 Å². The molecule has 1 aliphatic heterocycles. The Balaban J connectivity index is 2.22. The molecule has 1 aliphatic rings. The molecule has 2 heterocycles. The second-order valence-electron chi connectivity index (χ2n) is 5.98. The number of sulfonamides is 1. The summed E-state index contributed by atoms with van der Waals surface area (Å²) >= 11 is 0. The van der Waals surface area contributed by atoms with Crippen molar-refractivity contribution < 1.29 is 8.42 Å². The molecular formula is C14H24N4O2S. The van der Waals surface area contributed by atoms with E-state index in [4.69, 9.17) is 0 Å². The zero-order valence-corrected chi connectivity index (χ0v) is 13.9. The minimum absolute atomic E-state index is 0.164. The Morgan fingerprint density at radius 3 is 2.57 bits per heavy atom. The molecule has 0 spiro atoms. The summed E-state index contributed by atoms with van der Waals surface area (Å²) < 4.78 is 26.9. The monoisotopic (exact) mass is 312 g/mol. The number of anilines is 1. The van der Waals surface area contributed by atoms with E-state index in [1.165, 1.54) is 6.20 Å². The second-order valence-corrected chi connectivity index (χ2v) is 7.92. The summed E-state index contributed by atoms with van der Waals surface area (Å²) in [5.41, 5.74) is -0.164. The molecule has 0 saturated carbocycles. The summed E-state index contributed by atoms with van der Waals surface area (Å²) in [6.45, 7) is 8.57. The van der Waals surface area contributed by atoms with Gasteiger partial charge in [-0.15, -0.1) is 0 Å². The molecule has 21 heavy (non-hydrogen) atoms. The van der Waals surface area contributed by atoms with E-state index in [1.54, 1.807) is 16.4 Å². The van der Waals surface area contributed by atoms with Gasteiger partial charge in [0.2, 0.25) is 10.0 Å². The van der Waals surface area contributed by atoms with Crippen molar-refractivity contribution in [3.8, 4) is 0 Å². The van der Waals surface area contributed by atoms with Crippen LogP contribution in [-0.2, 0) is 10.0 Å². The number of aromatic nitrogens is 1. The SMILES string of the molecule is CCNc1ccc(S(=O)(=O)N2CCN(C)C(C)(C)C2)cn1. The standard InChI is InChI=1S/C14H24N4O2S/c1-5-15-13-7-6-12(10-16-13)21(19,20)18-9-8-17(4)14(2,3)11-18/h6-7,10H,5,8-9,11H2,1-4H3,(H,15,16). The largest absolute Gasteiger partial charge is 0.370 e. The van der Waals surface area contributed by atoms with E-state index in [0.717, 1.165) is 13.1 Å². The van der Waals surface area contributed by atoms with Crippen LogP contribution in [0, 0.1) is 0 Å². The summed E-state index contributed by atoms with van der Waals surface area (Å²) in [5, 5.41) is 3.06. The first-order chi connectivity index (χ1) is 9.77. The fraction of sp³-hybridized carbons (Fsp3) is 0.643. The molecule has 0 amide bonds. The van der Waals surface area contributed by atoms with E-state index in [0.29, 0.717) is 18.9 Å². The van der Waals surface area contributed by atoms with Crippen LogP contribution >= 0.6 is 0 Å². The first kappa shape index (κ1) is 16.2. The van der Waals surface area contributed by atoms with Crippen molar-refractivity contribution in [2.24, 2.45) is 0 Å². The number of nitrogens with one attached hydrogen (secondary N) is 1. The fourth-order valence-corrected chi connectivity index (χ4v) is 3.90. The van der Waals surface area contributed by atoms with E-state index in [2.05, 4.69) is 29.0 Å². The molecule has 0 atom stereocenters. The van der Waals surface area contributed by atoms with Crippen molar-refractivity contribution >= 4 is 15.8 Å². The Labute approximate surface area is 127 Å². The molecule has 1 fully saturated rings. The van der Waals surface area contributed by atoms with Gasteiger partial charge in [0.1, 0.15) is 10.7 Å². The van der Waals surface area contributed by atoms with E-state index < -0.39 is 10.0 Å². The van der Waals surface area contributed by atoms with Gasteiger partial charge in [-0.2, -0.15) is 4.31 Å². The Kier molecular flexibility index (Phi) is 4.55. The Bertz CT molecular complexity index is 583. The average Bonchev–Trinajstić information content (AvgIpc) is 2.42. The van der Waals surface area contributed by atoms with E-state index in [1.807, 2.05) is 14.0 Å². The number of likely N-dealkylation sites (N-methyl/N-ethyl adjacent to an activating group) is 1. The smallest absolute Gasteiger partial charge is 0.244 e. The van der Waals surface area contributed by atoms with Gasteiger partial charge in [0.15, 0.2) is 0 Å². The predicted molar refractivity (Wildman–Crippen MR) is 83.9 cm³/mol. The molecule has 0 radical (unpaired) electrons. The van der Waals surface area contributed by atoms with Crippen molar-refractivity contribution in [2.75, 3.05) is 38.5 Å². The van der Waals surface area contributed by atoms with Gasteiger partial charge >= 0.3 is 0 Å². The van der Waals surface area contributed by atoms with E-state index >= 15 is 0 Å². The Morgan fingerprint density at radius 2 is 2.05 bits per heavy atom. The molecule has 1 aromatic rings. The highest BCUT2D eigenvalue weighted by Gasteiger charge is 2.37. The lowest BCUT2D eigenvalue weighted by atomic mass is 10.0. The Hall–Kier alpha value is -1.18. The zero-order valence-electron chi connectivity index (χ0n) is 13.1. The van der Waals surface area contributed by atoms with E-state index in [9.17, 15) is 8.42 Å². The molecule has 2 rings (SSSR count). The van der Waals surface area contributed by atoms with Crippen LogP contribution in [0.4, 0.5) is 5.82 Å². The minimum atomic E-state index is -3.47. The van der Waals surface area contributed by atoms with Crippen LogP contribution in [0.2, 0.25) is 0 Å². The van der Waals surface area contributed by atoms with Crippen LogP contribution in [0.1, 0.15) is 20.8 Å². The van der Waals surface area contributed by atoms with Gasteiger partial charge in [-0.25, -0.2) is 13.4 Å². The third-order valence-corrected chi connectivity index (χ3v) is 5.84. The molecule has 7 heteroatoms. The molecular weight excluding hydrogens is 288 g/mol. The second kappa shape index (κ2) is 5.90. The van der Waals surface area contributed by atoms with Crippen LogP contribution < -0.4 is 5.32 Å². The molecule has 1 aromatic heterocycles. The number of piperazine rings is 1. The van der Waals surface area contributed by atoms with Gasteiger partial charge in [-0.3, -0.25) is 4.90 Å². The number of rotatable bonds is 4. The third kappa shape index (κ3) is 3.36. The first-order valence-electron chi connectivity index (χ1n) is 7.18. The van der Waals surface area contributed by atoms with Crippen molar-refractivity contribution in [2.45, 2.75) is 31.2 Å². The number of hydrogen-bond donors (Lipinski definition) is 1. The van der Waals surface area contributed by atoms with Gasteiger partial charge in [-0.1, -0.05) is 0 Å². The molecule has 1 N–H and O–H groups in total. The van der Waals surface area contributed by atoms with Gasteiger partial charge in [-0.05, 0) is 40.0 Å². The Morgan fingerprint density at radius 1 is 1.33 bits per heavy atom. The number of pyridine rings is 1. The maximum absolute atomic E-state index is 12.7. The fourth-order valence-electron chi connectivity index (χ4n) is 2.37.